The zero-order valence-corrected chi connectivity index (χ0v) is 10.3. The third kappa shape index (κ3) is 4.95. The van der Waals surface area contributed by atoms with Gasteiger partial charge < -0.3 is 5.73 Å². The van der Waals surface area contributed by atoms with Gasteiger partial charge in [-0.2, -0.15) is 0 Å². The Kier molecular flexibility index (Phi) is 5.63. The van der Waals surface area contributed by atoms with E-state index in [2.05, 4.69) is 6.92 Å². The summed E-state index contributed by atoms with van der Waals surface area (Å²) in [7, 11) is 0. The van der Waals surface area contributed by atoms with E-state index in [1.54, 1.807) is 12.1 Å². The second-order valence-electron chi connectivity index (χ2n) is 4.36. The molecule has 1 atom stereocenters. The molecule has 0 aliphatic heterocycles. The Bertz CT molecular complexity index is 349. The number of aryl methyl sites for hydroxylation is 1. The minimum absolute atomic E-state index is 0.149. The first-order chi connectivity index (χ1) is 8.13. The molecule has 4 heteroatoms. The van der Waals surface area contributed by atoms with Crippen LogP contribution in [0.1, 0.15) is 38.2 Å². The zero-order valence-electron chi connectivity index (χ0n) is 10.3. The standard InChI is InChI=1S/C13H20N2O2/c1-2-4-12(14)6-3-5-11-7-9-13(10-8-11)15(16)17/h7-10,12H,2-6,14H2,1H3. The number of rotatable bonds is 7. The fourth-order valence-corrected chi connectivity index (χ4v) is 1.87. The van der Waals surface area contributed by atoms with E-state index in [1.807, 2.05) is 12.1 Å². The second-order valence-corrected chi connectivity index (χ2v) is 4.36. The number of non-ortho nitro benzene ring substituents is 1. The van der Waals surface area contributed by atoms with Gasteiger partial charge in [0.05, 0.1) is 4.92 Å². The molecule has 0 aromatic heterocycles. The molecule has 0 aliphatic rings. The van der Waals surface area contributed by atoms with Crippen LogP contribution in [0.25, 0.3) is 0 Å². The van der Waals surface area contributed by atoms with Crippen LogP contribution in [0, 0.1) is 10.1 Å². The van der Waals surface area contributed by atoms with Crippen LogP contribution in [0.5, 0.6) is 0 Å². The summed E-state index contributed by atoms with van der Waals surface area (Å²) in [5, 5.41) is 10.5. The van der Waals surface area contributed by atoms with Gasteiger partial charge in [0.1, 0.15) is 0 Å². The van der Waals surface area contributed by atoms with Crippen LogP contribution in [0.4, 0.5) is 5.69 Å². The number of nitrogens with zero attached hydrogens (tertiary/aromatic N) is 1. The Labute approximate surface area is 102 Å². The van der Waals surface area contributed by atoms with Gasteiger partial charge in [-0.15, -0.1) is 0 Å². The Hall–Kier alpha value is -1.42. The lowest BCUT2D eigenvalue weighted by atomic mass is 10.0. The second kappa shape index (κ2) is 7.01. The molecule has 0 saturated heterocycles. The van der Waals surface area contributed by atoms with Crippen molar-refractivity contribution < 1.29 is 4.92 Å². The van der Waals surface area contributed by atoms with Crippen molar-refractivity contribution in [3.05, 3.63) is 39.9 Å². The number of nitrogens with two attached hydrogens (primary N) is 1. The van der Waals surface area contributed by atoms with Crippen molar-refractivity contribution in [2.75, 3.05) is 0 Å². The normalized spacial score (nSPS) is 12.4. The van der Waals surface area contributed by atoms with Crippen molar-refractivity contribution in [1.29, 1.82) is 0 Å². The highest BCUT2D eigenvalue weighted by molar-refractivity contribution is 5.32. The summed E-state index contributed by atoms with van der Waals surface area (Å²) in [5.41, 5.74) is 7.21. The summed E-state index contributed by atoms with van der Waals surface area (Å²) in [6.07, 6.45) is 5.19. The van der Waals surface area contributed by atoms with Gasteiger partial charge in [-0.1, -0.05) is 25.5 Å². The summed E-state index contributed by atoms with van der Waals surface area (Å²) in [6.45, 7) is 2.14. The molecule has 1 unspecified atom stereocenters. The van der Waals surface area contributed by atoms with Crippen molar-refractivity contribution in [2.24, 2.45) is 5.73 Å². The largest absolute Gasteiger partial charge is 0.328 e. The maximum absolute atomic E-state index is 10.5. The van der Waals surface area contributed by atoms with Gasteiger partial charge in [0.2, 0.25) is 0 Å². The first-order valence-electron chi connectivity index (χ1n) is 6.12. The predicted octanol–water partition coefficient (Wildman–Crippen LogP) is 3.04. The highest BCUT2D eigenvalue weighted by Gasteiger charge is 2.05. The van der Waals surface area contributed by atoms with E-state index < -0.39 is 0 Å². The summed E-state index contributed by atoms with van der Waals surface area (Å²) in [4.78, 5) is 10.1. The lowest BCUT2D eigenvalue weighted by Crippen LogP contribution is -2.19. The van der Waals surface area contributed by atoms with E-state index in [4.69, 9.17) is 5.73 Å². The van der Waals surface area contributed by atoms with Gasteiger partial charge in [-0.05, 0) is 31.2 Å². The molecule has 1 aromatic carbocycles. The molecule has 1 aromatic rings. The summed E-state index contributed by atoms with van der Waals surface area (Å²) in [6, 6.07) is 7.05. The molecule has 0 spiro atoms. The van der Waals surface area contributed by atoms with Gasteiger partial charge >= 0.3 is 0 Å². The van der Waals surface area contributed by atoms with E-state index in [9.17, 15) is 10.1 Å². The fourth-order valence-electron chi connectivity index (χ4n) is 1.87. The molecule has 0 saturated carbocycles. The Balaban J connectivity index is 2.34. The highest BCUT2D eigenvalue weighted by Crippen LogP contribution is 2.14. The lowest BCUT2D eigenvalue weighted by molar-refractivity contribution is -0.384. The van der Waals surface area contributed by atoms with Crippen LogP contribution in [0.3, 0.4) is 0 Å². The molecule has 1 rings (SSSR count). The highest BCUT2D eigenvalue weighted by atomic mass is 16.6. The summed E-state index contributed by atoms with van der Waals surface area (Å²) in [5.74, 6) is 0. The average Bonchev–Trinajstić information content (AvgIpc) is 2.30. The molecule has 17 heavy (non-hydrogen) atoms. The van der Waals surface area contributed by atoms with Crippen LogP contribution >= 0.6 is 0 Å². The van der Waals surface area contributed by atoms with Gasteiger partial charge in [0.15, 0.2) is 0 Å². The molecule has 2 N–H and O–H groups in total. The fraction of sp³-hybridized carbons (Fsp3) is 0.538. The first kappa shape index (κ1) is 13.6. The molecule has 4 nitrogen and oxygen atoms in total. The van der Waals surface area contributed by atoms with E-state index in [0.29, 0.717) is 0 Å². The molecule has 94 valence electrons. The molecule has 0 aliphatic carbocycles. The van der Waals surface area contributed by atoms with Crippen LogP contribution in [0.15, 0.2) is 24.3 Å². The topological polar surface area (TPSA) is 69.2 Å². The van der Waals surface area contributed by atoms with Crippen molar-refractivity contribution in [2.45, 2.75) is 45.1 Å². The third-order valence-corrected chi connectivity index (χ3v) is 2.85. The van der Waals surface area contributed by atoms with Gasteiger partial charge in [0, 0.05) is 18.2 Å². The molecule has 0 heterocycles. The molecular formula is C13H20N2O2. The quantitative estimate of drug-likeness (QED) is 0.584. The molecular weight excluding hydrogens is 216 g/mol. The number of nitro groups is 1. The van der Waals surface area contributed by atoms with Crippen LogP contribution in [0.2, 0.25) is 0 Å². The maximum Gasteiger partial charge on any atom is 0.269 e. The van der Waals surface area contributed by atoms with Crippen LogP contribution < -0.4 is 5.73 Å². The van der Waals surface area contributed by atoms with Crippen LogP contribution in [-0.4, -0.2) is 11.0 Å². The van der Waals surface area contributed by atoms with E-state index in [1.165, 1.54) is 0 Å². The lowest BCUT2D eigenvalue weighted by Gasteiger charge is -2.09. The average molecular weight is 236 g/mol. The molecule has 0 bridgehead atoms. The molecule has 0 fully saturated rings. The predicted molar refractivity (Wildman–Crippen MR) is 68.9 cm³/mol. The van der Waals surface area contributed by atoms with Gasteiger partial charge in [-0.3, -0.25) is 10.1 Å². The van der Waals surface area contributed by atoms with E-state index in [0.717, 1.165) is 37.7 Å². The van der Waals surface area contributed by atoms with Gasteiger partial charge in [-0.25, -0.2) is 0 Å². The Morgan fingerprint density at radius 1 is 1.29 bits per heavy atom. The van der Waals surface area contributed by atoms with E-state index >= 15 is 0 Å². The summed E-state index contributed by atoms with van der Waals surface area (Å²) < 4.78 is 0. The minimum atomic E-state index is -0.374. The van der Waals surface area contributed by atoms with Crippen molar-refractivity contribution >= 4 is 5.69 Å². The summed E-state index contributed by atoms with van der Waals surface area (Å²) >= 11 is 0. The molecule has 0 amide bonds. The number of hydrogen-bond acceptors (Lipinski definition) is 3. The number of benzene rings is 1. The van der Waals surface area contributed by atoms with E-state index in [-0.39, 0.29) is 16.7 Å². The van der Waals surface area contributed by atoms with Crippen molar-refractivity contribution in [1.82, 2.24) is 0 Å². The Morgan fingerprint density at radius 3 is 2.47 bits per heavy atom. The van der Waals surface area contributed by atoms with Crippen molar-refractivity contribution in [3.63, 3.8) is 0 Å². The third-order valence-electron chi connectivity index (χ3n) is 2.85. The smallest absolute Gasteiger partial charge is 0.269 e. The first-order valence-corrected chi connectivity index (χ1v) is 6.12. The minimum Gasteiger partial charge on any atom is -0.328 e. The molecule has 0 radical (unpaired) electrons. The number of hydrogen-bond donors (Lipinski definition) is 1. The zero-order chi connectivity index (χ0) is 12.7. The monoisotopic (exact) mass is 236 g/mol. The van der Waals surface area contributed by atoms with Gasteiger partial charge in [0.25, 0.3) is 5.69 Å². The van der Waals surface area contributed by atoms with Crippen molar-refractivity contribution in [3.8, 4) is 0 Å². The SMILES string of the molecule is CCCC(N)CCCc1ccc([N+](=O)[O-])cc1. The number of nitro benzene ring substituents is 1. The maximum atomic E-state index is 10.5. The Morgan fingerprint density at radius 2 is 1.94 bits per heavy atom. The van der Waals surface area contributed by atoms with Crippen LogP contribution in [-0.2, 0) is 6.42 Å².